The van der Waals surface area contributed by atoms with Crippen molar-refractivity contribution < 1.29 is 9.21 Å². The minimum Gasteiger partial charge on any atom is -0.440 e. The maximum absolute atomic E-state index is 12.6. The number of benzene rings is 2. The lowest BCUT2D eigenvalue weighted by Gasteiger charge is -2.13. The first-order valence-corrected chi connectivity index (χ1v) is 9.64. The van der Waals surface area contributed by atoms with Crippen LogP contribution in [0.25, 0.3) is 11.1 Å². The van der Waals surface area contributed by atoms with Crippen molar-refractivity contribution >= 4 is 28.6 Å². The molecule has 0 fully saturated rings. The van der Waals surface area contributed by atoms with E-state index in [1.807, 2.05) is 31.2 Å². The highest BCUT2D eigenvalue weighted by Crippen LogP contribution is 2.21. The molecule has 1 N–H and O–H groups in total. The Balaban J connectivity index is 1.46. The van der Waals surface area contributed by atoms with Crippen LogP contribution in [-0.4, -0.2) is 26.9 Å². The third kappa shape index (κ3) is 4.78. The van der Waals surface area contributed by atoms with Crippen molar-refractivity contribution in [3.05, 3.63) is 88.8 Å². The number of amides is 1. The number of carbonyl (C=O) groups is 1. The van der Waals surface area contributed by atoms with Crippen molar-refractivity contribution in [3.8, 4) is 0 Å². The van der Waals surface area contributed by atoms with Crippen LogP contribution in [0, 0.1) is 0 Å². The highest BCUT2D eigenvalue weighted by molar-refractivity contribution is 6.30. The summed E-state index contributed by atoms with van der Waals surface area (Å²) >= 11 is 6.04. The van der Waals surface area contributed by atoms with Gasteiger partial charge in [-0.1, -0.05) is 23.7 Å². The maximum Gasteiger partial charge on any atom is 0.251 e. The topological polar surface area (TPSA) is 80.9 Å². The molecule has 2 heterocycles. The molecular formula is C22H19ClN4O2. The fraction of sp³-hybridized carbons (Fsp3) is 0.182. The lowest BCUT2D eigenvalue weighted by atomic mass is 10.1. The summed E-state index contributed by atoms with van der Waals surface area (Å²) in [6.07, 6.45) is 6.10. The van der Waals surface area contributed by atoms with Crippen molar-refractivity contribution in [2.24, 2.45) is 0 Å². The summed E-state index contributed by atoms with van der Waals surface area (Å²) in [5, 5.41) is 3.65. The molecule has 4 aromatic rings. The van der Waals surface area contributed by atoms with Crippen LogP contribution in [0.15, 0.2) is 65.5 Å². The van der Waals surface area contributed by atoms with E-state index in [0.717, 1.165) is 11.3 Å². The number of rotatable bonds is 6. The molecule has 146 valence electrons. The average molecular weight is 407 g/mol. The van der Waals surface area contributed by atoms with Gasteiger partial charge in [0.1, 0.15) is 5.52 Å². The van der Waals surface area contributed by atoms with E-state index in [4.69, 9.17) is 16.0 Å². The van der Waals surface area contributed by atoms with Crippen LogP contribution in [-0.2, 0) is 12.8 Å². The molecule has 0 saturated carbocycles. The number of halogens is 1. The number of hydrogen-bond acceptors (Lipinski definition) is 5. The standard InChI is InChI=1S/C22H19ClN4O2/c1-14(9-18-13-24-7-8-25-18)26-22(28)16-5-6-19-20(12-16)29-21(27-19)11-15-3-2-4-17(23)10-15/h2-8,10,12-14H,9,11H2,1H3,(H,26,28)/t14-/m1/s1. The third-order valence-electron chi connectivity index (χ3n) is 4.45. The van der Waals surface area contributed by atoms with E-state index in [-0.39, 0.29) is 11.9 Å². The molecule has 4 rings (SSSR count). The number of fused-ring (bicyclic) bond motifs is 1. The lowest BCUT2D eigenvalue weighted by molar-refractivity contribution is 0.0940. The van der Waals surface area contributed by atoms with Crippen LogP contribution in [0.1, 0.15) is 34.4 Å². The number of carbonyl (C=O) groups excluding carboxylic acids is 1. The summed E-state index contributed by atoms with van der Waals surface area (Å²) in [4.78, 5) is 25.4. The van der Waals surface area contributed by atoms with Crippen LogP contribution in [0.5, 0.6) is 0 Å². The van der Waals surface area contributed by atoms with Crippen LogP contribution in [0.2, 0.25) is 5.02 Å². The van der Waals surface area contributed by atoms with Gasteiger partial charge in [-0.25, -0.2) is 4.98 Å². The average Bonchev–Trinajstić information content (AvgIpc) is 3.10. The third-order valence-corrected chi connectivity index (χ3v) is 4.68. The van der Waals surface area contributed by atoms with E-state index < -0.39 is 0 Å². The molecule has 1 amide bonds. The van der Waals surface area contributed by atoms with Crippen molar-refractivity contribution in [2.45, 2.75) is 25.8 Å². The minimum absolute atomic E-state index is 0.0805. The smallest absolute Gasteiger partial charge is 0.251 e. The molecule has 6 nitrogen and oxygen atoms in total. The van der Waals surface area contributed by atoms with Crippen molar-refractivity contribution in [1.82, 2.24) is 20.3 Å². The summed E-state index contributed by atoms with van der Waals surface area (Å²) in [6.45, 7) is 1.93. The van der Waals surface area contributed by atoms with Crippen LogP contribution >= 0.6 is 11.6 Å². The van der Waals surface area contributed by atoms with Gasteiger partial charge in [-0.15, -0.1) is 0 Å². The predicted molar refractivity (Wildman–Crippen MR) is 111 cm³/mol. The Bertz CT molecular complexity index is 1140. The first-order valence-electron chi connectivity index (χ1n) is 9.26. The molecule has 1 atom stereocenters. The highest BCUT2D eigenvalue weighted by Gasteiger charge is 2.14. The molecule has 0 aliphatic heterocycles. The molecule has 0 aliphatic rings. The molecule has 0 aliphatic carbocycles. The van der Waals surface area contributed by atoms with Gasteiger partial charge >= 0.3 is 0 Å². The van der Waals surface area contributed by atoms with Crippen molar-refractivity contribution in [2.75, 3.05) is 0 Å². The summed E-state index contributed by atoms with van der Waals surface area (Å²) in [5.74, 6) is 0.409. The second-order valence-corrected chi connectivity index (χ2v) is 7.31. The predicted octanol–water partition coefficient (Wildman–Crippen LogP) is 4.22. The van der Waals surface area contributed by atoms with Gasteiger partial charge in [-0.2, -0.15) is 0 Å². The first-order chi connectivity index (χ1) is 14.1. The van der Waals surface area contributed by atoms with E-state index in [1.54, 1.807) is 36.8 Å². The Morgan fingerprint density at radius 2 is 2.10 bits per heavy atom. The number of oxazole rings is 1. The zero-order valence-electron chi connectivity index (χ0n) is 15.8. The van der Waals surface area contributed by atoms with Gasteiger partial charge in [0.15, 0.2) is 11.5 Å². The monoisotopic (exact) mass is 406 g/mol. The number of aromatic nitrogens is 3. The van der Waals surface area contributed by atoms with Gasteiger partial charge in [0, 0.05) is 48.1 Å². The largest absolute Gasteiger partial charge is 0.440 e. The Kier molecular flexibility index (Phi) is 5.53. The molecule has 29 heavy (non-hydrogen) atoms. The summed E-state index contributed by atoms with van der Waals surface area (Å²) in [5.41, 5.74) is 3.66. The summed E-state index contributed by atoms with van der Waals surface area (Å²) in [7, 11) is 0. The van der Waals surface area contributed by atoms with E-state index in [1.165, 1.54) is 0 Å². The molecule has 0 unspecified atom stereocenters. The van der Waals surface area contributed by atoms with Gasteiger partial charge in [0.05, 0.1) is 5.69 Å². The normalized spacial score (nSPS) is 12.1. The Morgan fingerprint density at radius 3 is 2.90 bits per heavy atom. The van der Waals surface area contributed by atoms with Crippen molar-refractivity contribution in [3.63, 3.8) is 0 Å². The molecule has 0 saturated heterocycles. The first kappa shape index (κ1) is 19.1. The lowest BCUT2D eigenvalue weighted by Crippen LogP contribution is -2.34. The van der Waals surface area contributed by atoms with Crippen LogP contribution < -0.4 is 5.32 Å². The zero-order chi connectivity index (χ0) is 20.2. The van der Waals surface area contributed by atoms with Crippen LogP contribution in [0.4, 0.5) is 0 Å². The quantitative estimate of drug-likeness (QED) is 0.518. The molecular weight excluding hydrogens is 388 g/mol. The summed E-state index contributed by atoms with van der Waals surface area (Å²) < 4.78 is 5.85. The SMILES string of the molecule is C[C@H](Cc1cnccn1)NC(=O)c1ccc2nc(Cc3cccc(Cl)c3)oc2c1. The second kappa shape index (κ2) is 8.41. The number of nitrogens with zero attached hydrogens (tertiary/aromatic N) is 3. The highest BCUT2D eigenvalue weighted by atomic mass is 35.5. The maximum atomic E-state index is 12.6. The Labute approximate surface area is 173 Å². The fourth-order valence-electron chi connectivity index (χ4n) is 3.12. The van der Waals surface area contributed by atoms with Gasteiger partial charge in [-0.05, 0) is 42.8 Å². The van der Waals surface area contributed by atoms with Crippen molar-refractivity contribution in [1.29, 1.82) is 0 Å². The number of hydrogen-bond donors (Lipinski definition) is 1. The van der Waals surface area contributed by atoms with E-state index in [0.29, 0.717) is 40.4 Å². The molecule has 0 radical (unpaired) electrons. The van der Waals surface area contributed by atoms with Gasteiger partial charge in [0.2, 0.25) is 0 Å². The number of nitrogens with one attached hydrogen (secondary N) is 1. The minimum atomic E-state index is -0.170. The summed E-state index contributed by atoms with van der Waals surface area (Å²) in [6, 6.07) is 12.8. The van der Waals surface area contributed by atoms with E-state index >= 15 is 0 Å². The molecule has 7 heteroatoms. The zero-order valence-corrected chi connectivity index (χ0v) is 16.6. The van der Waals surface area contributed by atoms with Crippen LogP contribution in [0.3, 0.4) is 0 Å². The van der Waals surface area contributed by atoms with Gasteiger partial charge < -0.3 is 9.73 Å². The molecule has 0 bridgehead atoms. The van der Waals surface area contributed by atoms with Gasteiger partial charge in [0.25, 0.3) is 5.91 Å². The Morgan fingerprint density at radius 1 is 1.21 bits per heavy atom. The van der Waals surface area contributed by atoms with E-state index in [9.17, 15) is 4.79 Å². The fourth-order valence-corrected chi connectivity index (χ4v) is 3.33. The second-order valence-electron chi connectivity index (χ2n) is 6.87. The molecule has 2 aromatic carbocycles. The van der Waals surface area contributed by atoms with Gasteiger partial charge in [-0.3, -0.25) is 14.8 Å². The molecule has 0 spiro atoms. The van der Waals surface area contributed by atoms with E-state index in [2.05, 4.69) is 20.3 Å². The Hall–Kier alpha value is -3.25. The molecule has 2 aromatic heterocycles.